The monoisotopic (exact) mass is 304 g/mol. The Labute approximate surface area is 133 Å². The number of piperazine rings is 1. The third-order valence-corrected chi connectivity index (χ3v) is 5.03. The maximum Gasteiger partial charge on any atom is 0.0480 e. The van der Waals surface area contributed by atoms with Crippen molar-refractivity contribution in [2.75, 3.05) is 39.5 Å². The van der Waals surface area contributed by atoms with Crippen molar-refractivity contribution in [3.05, 3.63) is 35.9 Å². The van der Waals surface area contributed by atoms with Crippen LogP contribution in [0.2, 0.25) is 0 Å². The second-order valence-electron chi connectivity index (χ2n) is 6.46. The van der Waals surface area contributed by atoms with Gasteiger partial charge in [0.05, 0.1) is 0 Å². The summed E-state index contributed by atoms with van der Waals surface area (Å²) in [7, 11) is 0. The first-order valence-electron chi connectivity index (χ1n) is 8.57. The van der Waals surface area contributed by atoms with Crippen LogP contribution >= 0.6 is 0 Å². The lowest BCUT2D eigenvalue weighted by molar-refractivity contribution is -0.0116. The molecule has 1 aromatic rings. The van der Waals surface area contributed by atoms with Gasteiger partial charge < -0.3 is 9.84 Å². The first kappa shape index (κ1) is 15.9. The minimum Gasteiger partial charge on any atom is -0.396 e. The Morgan fingerprint density at radius 1 is 1.09 bits per heavy atom. The standard InChI is InChI=1S/C18H28N2O2/c21-11-6-18-15-20(17-7-12-22-13-8-17)10-9-19(18)14-16-4-2-1-3-5-16/h1-5,17-18,21H,6-15H2. The summed E-state index contributed by atoms with van der Waals surface area (Å²) in [6, 6.07) is 11.8. The van der Waals surface area contributed by atoms with Gasteiger partial charge in [0.1, 0.15) is 0 Å². The number of nitrogens with zero attached hydrogens (tertiary/aromatic N) is 2. The predicted molar refractivity (Wildman–Crippen MR) is 87.8 cm³/mol. The number of rotatable bonds is 5. The summed E-state index contributed by atoms with van der Waals surface area (Å²) in [4.78, 5) is 5.17. The molecule has 2 saturated heterocycles. The summed E-state index contributed by atoms with van der Waals surface area (Å²) in [5.41, 5.74) is 1.37. The van der Waals surface area contributed by atoms with Crippen molar-refractivity contribution in [1.82, 2.24) is 9.80 Å². The zero-order chi connectivity index (χ0) is 15.2. The van der Waals surface area contributed by atoms with Crippen LogP contribution in [0.4, 0.5) is 0 Å². The van der Waals surface area contributed by atoms with Crippen molar-refractivity contribution in [3.63, 3.8) is 0 Å². The molecule has 2 aliphatic rings. The largest absolute Gasteiger partial charge is 0.396 e. The number of aliphatic hydroxyl groups is 1. The van der Waals surface area contributed by atoms with Gasteiger partial charge in [0, 0.05) is 58.1 Å². The highest BCUT2D eigenvalue weighted by molar-refractivity contribution is 5.14. The van der Waals surface area contributed by atoms with E-state index in [2.05, 4.69) is 40.1 Å². The highest BCUT2D eigenvalue weighted by Gasteiger charge is 2.31. The zero-order valence-corrected chi connectivity index (χ0v) is 13.4. The molecule has 122 valence electrons. The number of ether oxygens (including phenoxy) is 1. The SMILES string of the molecule is OCCC1CN(C2CCOCC2)CCN1Cc1ccccc1. The van der Waals surface area contributed by atoms with Gasteiger partial charge in [-0.15, -0.1) is 0 Å². The molecule has 0 saturated carbocycles. The highest BCUT2D eigenvalue weighted by atomic mass is 16.5. The molecule has 0 aliphatic carbocycles. The van der Waals surface area contributed by atoms with Crippen molar-refractivity contribution < 1.29 is 9.84 Å². The summed E-state index contributed by atoms with van der Waals surface area (Å²) < 4.78 is 5.49. The summed E-state index contributed by atoms with van der Waals surface area (Å²) >= 11 is 0. The third-order valence-electron chi connectivity index (χ3n) is 5.03. The Hall–Kier alpha value is -0.940. The molecule has 2 aliphatic heterocycles. The molecule has 3 rings (SSSR count). The maximum absolute atomic E-state index is 9.43. The van der Waals surface area contributed by atoms with E-state index in [4.69, 9.17) is 4.74 Å². The second kappa shape index (κ2) is 8.06. The summed E-state index contributed by atoms with van der Waals surface area (Å²) in [5, 5.41) is 9.43. The molecule has 0 aromatic heterocycles. The number of hydrogen-bond acceptors (Lipinski definition) is 4. The topological polar surface area (TPSA) is 35.9 Å². The highest BCUT2D eigenvalue weighted by Crippen LogP contribution is 2.22. The van der Waals surface area contributed by atoms with Gasteiger partial charge in [0.25, 0.3) is 0 Å². The van der Waals surface area contributed by atoms with Gasteiger partial charge in [-0.25, -0.2) is 0 Å². The quantitative estimate of drug-likeness (QED) is 0.899. The molecule has 1 atom stereocenters. The molecule has 1 aromatic carbocycles. The van der Waals surface area contributed by atoms with Crippen LogP contribution in [-0.4, -0.2) is 66.4 Å². The summed E-state index contributed by atoms with van der Waals surface area (Å²) in [6.45, 7) is 6.39. The Morgan fingerprint density at radius 2 is 1.86 bits per heavy atom. The molecular weight excluding hydrogens is 276 g/mol. The van der Waals surface area contributed by atoms with E-state index in [0.29, 0.717) is 12.1 Å². The van der Waals surface area contributed by atoms with Crippen LogP contribution in [0.25, 0.3) is 0 Å². The molecule has 2 heterocycles. The van der Waals surface area contributed by atoms with Crippen molar-refractivity contribution >= 4 is 0 Å². The van der Waals surface area contributed by atoms with Gasteiger partial charge in [-0.3, -0.25) is 9.80 Å². The molecule has 0 spiro atoms. The molecule has 1 unspecified atom stereocenters. The molecule has 0 amide bonds. The van der Waals surface area contributed by atoms with E-state index >= 15 is 0 Å². The van der Waals surface area contributed by atoms with Gasteiger partial charge >= 0.3 is 0 Å². The lowest BCUT2D eigenvalue weighted by Crippen LogP contribution is -2.56. The van der Waals surface area contributed by atoms with Crippen LogP contribution in [0.5, 0.6) is 0 Å². The number of hydrogen-bond donors (Lipinski definition) is 1. The maximum atomic E-state index is 9.43. The lowest BCUT2D eigenvalue weighted by atomic mass is 10.0. The van der Waals surface area contributed by atoms with E-state index in [1.54, 1.807) is 0 Å². The molecule has 1 N–H and O–H groups in total. The molecule has 22 heavy (non-hydrogen) atoms. The fourth-order valence-electron chi connectivity index (χ4n) is 3.75. The Bertz CT molecular complexity index is 434. The van der Waals surface area contributed by atoms with Crippen molar-refractivity contribution in [1.29, 1.82) is 0 Å². The summed E-state index contributed by atoms with van der Waals surface area (Å²) in [5.74, 6) is 0. The van der Waals surface area contributed by atoms with E-state index < -0.39 is 0 Å². The van der Waals surface area contributed by atoms with Crippen molar-refractivity contribution in [2.24, 2.45) is 0 Å². The fraction of sp³-hybridized carbons (Fsp3) is 0.667. The zero-order valence-electron chi connectivity index (χ0n) is 13.4. The molecule has 4 heteroatoms. The minimum absolute atomic E-state index is 0.275. The minimum atomic E-state index is 0.275. The molecular formula is C18H28N2O2. The molecule has 0 bridgehead atoms. The molecule has 4 nitrogen and oxygen atoms in total. The van der Waals surface area contributed by atoms with Crippen LogP contribution in [-0.2, 0) is 11.3 Å². The average molecular weight is 304 g/mol. The van der Waals surface area contributed by atoms with E-state index in [0.717, 1.165) is 58.7 Å². The van der Waals surface area contributed by atoms with E-state index in [9.17, 15) is 5.11 Å². The van der Waals surface area contributed by atoms with Crippen LogP contribution in [0.15, 0.2) is 30.3 Å². The van der Waals surface area contributed by atoms with E-state index in [1.807, 2.05) is 0 Å². The van der Waals surface area contributed by atoms with E-state index in [1.165, 1.54) is 5.56 Å². The van der Waals surface area contributed by atoms with Crippen LogP contribution in [0.1, 0.15) is 24.8 Å². The third kappa shape index (κ3) is 4.07. The van der Waals surface area contributed by atoms with Gasteiger partial charge in [-0.1, -0.05) is 30.3 Å². The lowest BCUT2D eigenvalue weighted by Gasteiger charge is -2.45. The number of benzene rings is 1. The molecule has 2 fully saturated rings. The predicted octanol–water partition coefficient (Wildman–Crippen LogP) is 1.73. The van der Waals surface area contributed by atoms with Gasteiger partial charge in [-0.2, -0.15) is 0 Å². The van der Waals surface area contributed by atoms with Gasteiger partial charge in [-0.05, 0) is 24.8 Å². The average Bonchev–Trinajstić information content (AvgIpc) is 2.58. The Morgan fingerprint density at radius 3 is 2.59 bits per heavy atom. The van der Waals surface area contributed by atoms with Gasteiger partial charge in [0.15, 0.2) is 0 Å². The van der Waals surface area contributed by atoms with Crippen LogP contribution < -0.4 is 0 Å². The van der Waals surface area contributed by atoms with Crippen LogP contribution in [0.3, 0.4) is 0 Å². The Balaban J connectivity index is 1.60. The molecule has 0 radical (unpaired) electrons. The summed E-state index contributed by atoms with van der Waals surface area (Å²) in [6.07, 6.45) is 3.18. The first-order valence-corrected chi connectivity index (χ1v) is 8.57. The first-order chi connectivity index (χ1) is 10.9. The number of aliphatic hydroxyl groups excluding tert-OH is 1. The smallest absolute Gasteiger partial charge is 0.0480 e. The fourth-order valence-corrected chi connectivity index (χ4v) is 3.75. The normalized spacial score (nSPS) is 25.4. The second-order valence-corrected chi connectivity index (χ2v) is 6.46. The van der Waals surface area contributed by atoms with Gasteiger partial charge in [0.2, 0.25) is 0 Å². The van der Waals surface area contributed by atoms with Crippen LogP contribution in [0, 0.1) is 0 Å². The van der Waals surface area contributed by atoms with E-state index in [-0.39, 0.29) is 6.61 Å². The van der Waals surface area contributed by atoms with Crippen molar-refractivity contribution in [3.8, 4) is 0 Å². The Kier molecular flexibility index (Phi) is 5.84. The van der Waals surface area contributed by atoms with Crippen molar-refractivity contribution in [2.45, 2.75) is 37.9 Å².